The summed E-state index contributed by atoms with van der Waals surface area (Å²) in [6, 6.07) is 7.91. The molecule has 0 saturated carbocycles. The van der Waals surface area contributed by atoms with Crippen molar-refractivity contribution in [2.45, 2.75) is 38.3 Å². The summed E-state index contributed by atoms with van der Waals surface area (Å²) in [4.78, 5) is 13.9. The molecule has 2 rings (SSSR count). The topological polar surface area (TPSA) is 41.6 Å². The minimum Gasteiger partial charge on any atom is -0.444 e. The lowest BCUT2D eigenvalue weighted by molar-refractivity contribution is 0.0224. The number of amides is 1. The second kappa shape index (κ2) is 6.24. The maximum atomic E-state index is 12.2. The van der Waals surface area contributed by atoms with Crippen LogP contribution in [0.2, 0.25) is 5.02 Å². The number of halogens is 1. The normalized spacial score (nSPS) is 22.1. The molecule has 1 aliphatic rings. The van der Waals surface area contributed by atoms with Crippen molar-refractivity contribution in [2.24, 2.45) is 0 Å². The van der Waals surface area contributed by atoms with E-state index in [1.807, 2.05) is 45.0 Å². The SMILES string of the molecule is CN(C(=O)OC(C)(C)C)[C@@H]1CNC[C@H]1c1ccc(Cl)cc1. The Morgan fingerprint density at radius 3 is 2.48 bits per heavy atom. The first kappa shape index (κ1) is 16.1. The van der Waals surface area contributed by atoms with Gasteiger partial charge < -0.3 is 15.0 Å². The van der Waals surface area contributed by atoms with Crippen LogP contribution >= 0.6 is 11.6 Å². The molecule has 0 unspecified atom stereocenters. The molecule has 4 nitrogen and oxygen atoms in total. The lowest BCUT2D eigenvalue weighted by atomic mass is 9.94. The highest BCUT2D eigenvalue weighted by atomic mass is 35.5. The predicted molar refractivity (Wildman–Crippen MR) is 84.8 cm³/mol. The van der Waals surface area contributed by atoms with Crippen molar-refractivity contribution in [2.75, 3.05) is 20.1 Å². The molecular weight excluding hydrogens is 288 g/mol. The predicted octanol–water partition coefficient (Wildman–Crippen LogP) is 3.26. The van der Waals surface area contributed by atoms with Crippen molar-refractivity contribution in [3.63, 3.8) is 0 Å². The quantitative estimate of drug-likeness (QED) is 0.911. The molecule has 1 saturated heterocycles. The number of likely N-dealkylation sites (N-methyl/N-ethyl adjacent to an activating group) is 1. The Kier molecular flexibility index (Phi) is 4.79. The van der Waals surface area contributed by atoms with Gasteiger partial charge in [-0.1, -0.05) is 23.7 Å². The van der Waals surface area contributed by atoms with E-state index in [-0.39, 0.29) is 18.1 Å². The van der Waals surface area contributed by atoms with Gasteiger partial charge in [-0.05, 0) is 38.5 Å². The Hall–Kier alpha value is -1.26. The molecule has 1 fully saturated rings. The zero-order chi connectivity index (χ0) is 15.6. The average molecular weight is 311 g/mol. The minimum atomic E-state index is -0.479. The van der Waals surface area contributed by atoms with Crippen LogP contribution in [0.15, 0.2) is 24.3 Å². The smallest absolute Gasteiger partial charge is 0.410 e. The summed E-state index contributed by atoms with van der Waals surface area (Å²) < 4.78 is 5.45. The first-order chi connectivity index (χ1) is 9.78. The van der Waals surface area contributed by atoms with E-state index in [0.717, 1.165) is 18.1 Å². The Bertz CT molecular complexity index is 496. The van der Waals surface area contributed by atoms with Crippen LogP contribution in [0.3, 0.4) is 0 Å². The molecule has 1 aromatic rings. The summed E-state index contributed by atoms with van der Waals surface area (Å²) in [6.07, 6.45) is -0.282. The van der Waals surface area contributed by atoms with Crippen LogP contribution in [0.5, 0.6) is 0 Å². The van der Waals surface area contributed by atoms with Gasteiger partial charge in [0.1, 0.15) is 5.60 Å². The molecule has 116 valence electrons. The Morgan fingerprint density at radius 2 is 1.90 bits per heavy atom. The highest BCUT2D eigenvalue weighted by Crippen LogP contribution is 2.28. The Morgan fingerprint density at radius 1 is 1.29 bits per heavy atom. The van der Waals surface area contributed by atoms with E-state index in [9.17, 15) is 4.79 Å². The van der Waals surface area contributed by atoms with Crippen molar-refractivity contribution < 1.29 is 9.53 Å². The molecule has 1 heterocycles. The van der Waals surface area contributed by atoms with Crippen molar-refractivity contribution >= 4 is 17.7 Å². The Balaban J connectivity index is 2.11. The van der Waals surface area contributed by atoms with Gasteiger partial charge in [0.25, 0.3) is 0 Å². The van der Waals surface area contributed by atoms with E-state index in [1.165, 1.54) is 5.56 Å². The number of nitrogens with one attached hydrogen (secondary N) is 1. The summed E-state index contributed by atoms with van der Waals surface area (Å²) in [5.74, 6) is 0.250. The maximum Gasteiger partial charge on any atom is 0.410 e. The van der Waals surface area contributed by atoms with Crippen LogP contribution < -0.4 is 5.32 Å². The van der Waals surface area contributed by atoms with Crippen molar-refractivity contribution in [3.05, 3.63) is 34.9 Å². The van der Waals surface area contributed by atoms with Crippen LogP contribution in [-0.4, -0.2) is 42.8 Å². The fourth-order valence-electron chi connectivity index (χ4n) is 2.59. The summed E-state index contributed by atoms with van der Waals surface area (Å²) in [5, 5.41) is 4.08. The monoisotopic (exact) mass is 310 g/mol. The van der Waals surface area contributed by atoms with E-state index in [4.69, 9.17) is 16.3 Å². The number of benzene rings is 1. The second-order valence-corrected chi connectivity index (χ2v) is 6.91. The number of ether oxygens (including phenoxy) is 1. The van der Waals surface area contributed by atoms with Crippen LogP contribution in [0.4, 0.5) is 4.79 Å². The van der Waals surface area contributed by atoms with Crippen LogP contribution in [0.25, 0.3) is 0 Å². The highest BCUT2D eigenvalue weighted by molar-refractivity contribution is 6.30. The van der Waals surface area contributed by atoms with Gasteiger partial charge in [0.05, 0.1) is 6.04 Å². The van der Waals surface area contributed by atoms with E-state index in [1.54, 1.807) is 11.9 Å². The molecule has 21 heavy (non-hydrogen) atoms. The van der Waals surface area contributed by atoms with Crippen LogP contribution in [0, 0.1) is 0 Å². The third-order valence-corrected chi connectivity index (χ3v) is 3.91. The first-order valence-electron chi connectivity index (χ1n) is 7.20. The fourth-order valence-corrected chi connectivity index (χ4v) is 2.72. The number of rotatable bonds is 2. The largest absolute Gasteiger partial charge is 0.444 e. The van der Waals surface area contributed by atoms with Gasteiger partial charge in [0.15, 0.2) is 0 Å². The molecule has 0 bridgehead atoms. The third-order valence-electron chi connectivity index (χ3n) is 3.66. The molecular formula is C16H23ClN2O2. The summed E-state index contributed by atoms with van der Waals surface area (Å²) in [5.41, 5.74) is 0.706. The highest BCUT2D eigenvalue weighted by Gasteiger charge is 2.35. The molecule has 0 spiro atoms. The lowest BCUT2D eigenvalue weighted by Crippen LogP contribution is -2.43. The standard InChI is InChI=1S/C16H23ClN2O2/c1-16(2,3)21-15(20)19(4)14-10-18-9-13(14)11-5-7-12(17)8-6-11/h5-8,13-14,18H,9-10H2,1-4H3/t13-,14+/m0/s1. The zero-order valence-electron chi connectivity index (χ0n) is 13.0. The van der Waals surface area contributed by atoms with E-state index in [0.29, 0.717) is 0 Å². The first-order valence-corrected chi connectivity index (χ1v) is 7.58. The van der Waals surface area contributed by atoms with Crippen molar-refractivity contribution in [1.82, 2.24) is 10.2 Å². The number of hydrogen-bond donors (Lipinski definition) is 1. The zero-order valence-corrected chi connectivity index (χ0v) is 13.8. The van der Waals surface area contributed by atoms with Crippen LogP contribution in [0.1, 0.15) is 32.3 Å². The van der Waals surface area contributed by atoms with Gasteiger partial charge >= 0.3 is 6.09 Å². The van der Waals surface area contributed by atoms with E-state index >= 15 is 0 Å². The molecule has 1 aromatic carbocycles. The summed E-state index contributed by atoms with van der Waals surface area (Å²) >= 11 is 5.94. The van der Waals surface area contributed by atoms with Crippen LogP contribution in [-0.2, 0) is 4.74 Å². The molecule has 0 aromatic heterocycles. The molecule has 1 amide bonds. The average Bonchev–Trinajstić information content (AvgIpc) is 2.85. The fraction of sp³-hybridized carbons (Fsp3) is 0.562. The second-order valence-electron chi connectivity index (χ2n) is 6.47. The number of carbonyl (C=O) groups excluding carboxylic acids is 1. The summed E-state index contributed by atoms with van der Waals surface area (Å²) in [6.45, 7) is 7.25. The van der Waals surface area contributed by atoms with Gasteiger partial charge in [-0.3, -0.25) is 0 Å². The van der Waals surface area contributed by atoms with Gasteiger partial charge in [-0.2, -0.15) is 0 Å². The molecule has 0 radical (unpaired) electrons. The lowest BCUT2D eigenvalue weighted by Gasteiger charge is -2.31. The van der Waals surface area contributed by atoms with Gasteiger partial charge in [0, 0.05) is 31.1 Å². The number of hydrogen-bond acceptors (Lipinski definition) is 3. The minimum absolute atomic E-state index is 0.0843. The molecule has 1 aliphatic heterocycles. The molecule has 1 N–H and O–H groups in total. The van der Waals surface area contributed by atoms with E-state index in [2.05, 4.69) is 5.32 Å². The van der Waals surface area contributed by atoms with Crippen molar-refractivity contribution in [3.8, 4) is 0 Å². The van der Waals surface area contributed by atoms with Crippen molar-refractivity contribution in [1.29, 1.82) is 0 Å². The molecule has 2 atom stereocenters. The maximum absolute atomic E-state index is 12.2. The van der Waals surface area contributed by atoms with E-state index < -0.39 is 5.60 Å². The molecule has 5 heteroatoms. The van der Waals surface area contributed by atoms with Gasteiger partial charge in [-0.15, -0.1) is 0 Å². The van der Waals surface area contributed by atoms with Gasteiger partial charge in [0.2, 0.25) is 0 Å². The number of carbonyl (C=O) groups is 1. The third kappa shape index (κ3) is 4.11. The molecule has 0 aliphatic carbocycles. The van der Waals surface area contributed by atoms with Gasteiger partial charge in [-0.25, -0.2) is 4.79 Å². The number of nitrogens with zero attached hydrogens (tertiary/aromatic N) is 1. The Labute approximate surface area is 131 Å². The summed E-state index contributed by atoms with van der Waals surface area (Å²) in [7, 11) is 1.80.